The molecule has 1 aromatic carbocycles. The van der Waals surface area contributed by atoms with E-state index in [-0.39, 0.29) is 0 Å². The van der Waals surface area contributed by atoms with Gasteiger partial charge in [0.1, 0.15) is 4.60 Å². The van der Waals surface area contributed by atoms with Crippen molar-refractivity contribution < 1.29 is 0 Å². The van der Waals surface area contributed by atoms with Crippen LogP contribution in [0.4, 0.5) is 0 Å². The lowest BCUT2D eigenvalue weighted by Crippen LogP contribution is -1.93. The van der Waals surface area contributed by atoms with Crippen LogP contribution in [0.15, 0.2) is 35.1 Å². The number of rotatable bonds is 1. The predicted molar refractivity (Wildman–Crippen MR) is 60.7 cm³/mol. The first-order valence-corrected chi connectivity index (χ1v) is 5.22. The molecule has 0 atom stereocenters. The molecule has 1 aromatic heterocycles. The van der Waals surface area contributed by atoms with Crippen molar-refractivity contribution in [3.63, 3.8) is 0 Å². The molecular formula is C11H8BrN3. The molecule has 3 nitrogen and oxygen atoms in total. The van der Waals surface area contributed by atoms with Crippen LogP contribution in [0.3, 0.4) is 0 Å². The van der Waals surface area contributed by atoms with Crippen LogP contribution in [0, 0.1) is 18.3 Å². The van der Waals surface area contributed by atoms with Gasteiger partial charge in [-0.25, -0.2) is 4.68 Å². The average molecular weight is 262 g/mol. The number of benzene rings is 1. The van der Waals surface area contributed by atoms with E-state index in [2.05, 4.69) is 27.1 Å². The molecule has 0 unspecified atom stereocenters. The molecule has 0 aliphatic carbocycles. The molecule has 0 bridgehead atoms. The maximum absolute atomic E-state index is 8.67. The minimum Gasteiger partial charge on any atom is -0.240 e. The third-order valence-corrected chi connectivity index (χ3v) is 2.88. The second-order valence-electron chi connectivity index (χ2n) is 3.21. The maximum atomic E-state index is 8.67. The molecule has 0 N–H and O–H groups in total. The summed E-state index contributed by atoms with van der Waals surface area (Å²) in [6.07, 6.45) is 1.94. The van der Waals surface area contributed by atoms with E-state index < -0.39 is 0 Å². The summed E-state index contributed by atoms with van der Waals surface area (Å²) in [5, 5.41) is 13.0. The predicted octanol–water partition coefficient (Wildman–Crippen LogP) is 2.81. The lowest BCUT2D eigenvalue weighted by atomic mass is 10.2. The van der Waals surface area contributed by atoms with E-state index in [0.717, 1.165) is 15.9 Å². The van der Waals surface area contributed by atoms with Gasteiger partial charge in [0, 0.05) is 11.8 Å². The van der Waals surface area contributed by atoms with Crippen LogP contribution >= 0.6 is 15.9 Å². The van der Waals surface area contributed by atoms with Crippen molar-refractivity contribution in [2.75, 3.05) is 0 Å². The quantitative estimate of drug-likeness (QED) is 0.792. The monoisotopic (exact) mass is 261 g/mol. The Bertz CT molecular complexity index is 500. The molecule has 0 amide bonds. The maximum Gasteiger partial charge on any atom is 0.131 e. The molecule has 0 spiro atoms. The molecule has 0 aliphatic rings. The van der Waals surface area contributed by atoms with Crippen LogP contribution in [-0.4, -0.2) is 9.78 Å². The fourth-order valence-corrected chi connectivity index (χ4v) is 1.53. The van der Waals surface area contributed by atoms with Gasteiger partial charge in [0.05, 0.1) is 17.3 Å². The van der Waals surface area contributed by atoms with Crippen LogP contribution in [0.25, 0.3) is 5.69 Å². The Morgan fingerprint density at radius 3 is 2.47 bits per heavy atom. The standard InChI is InChI=1S/C11H8BrN3/c1-8-7-15(14-11(8)12)10-4-2-9(6-13)3-5-10/h2-5,7H,1H3. The topological polar surface area (TPSA) is 41.6 Å². The first-order valence-electron chi connectivity index (χ1n) is 4.43. The van der Waals surface area contributed by atoms with E-state index in [9.17, 15) is 0 Å². The minimum absolute atomic E-state index is 0.654. The number of hydrogen-bond acceptors (Lipinski definition) is 2. The van der Waals surface area contributed by atoms with Crippen molar-refractivity contribution in [1.82, 2.24) is 9.78 Å². The van der Waals surface area contributed by atoms with Crippen LogP contribution in [-0.2, 0) is 0 Å². The van der Waals surface area contributed by atoms with Gasteiger partial charge in [-0.1, -0.05) is 0 Å². The summed E-state index contributed by atoms with van der Waals surface area (Å²) in [6, 6.07) is 9.38. The normalized spacial score (nSPS) is 9.93. The molecule has 15 heavy (non-hydrogen) atoms. The third-order valence-electron chi connectivity index (χ3n) is 2.10. The molecule has 2 rings (SSSR count). The van der Waals surface area contributed by atoms with E-state index in [1.54, 1.807) is 16.8 Å². The van der Waals surface area contributed by atoms with Crippen LogP contribution < -0.4 is 0 Å². The van der Waals surface area contributed by atoms with Crippen molar-refractivity contribution in [3.05, 3.63) is 46.2 Å². The molecule has 1 heterocycles. The van der Waals surface area contributed by atoms with Gasteiger partial charge in [0.15, 0.2) is 0 Å². The fourth-order valence-electron chi connectivity index (χ4n) is 1.26. The Kier molecular flexibility index (Phi) is 2.57. The Hall–Kier alpha value is -1.60. The molecule has 0 aliphatic heterocycles. The zero-order chi connectivity index (χ0) is 10.8. The summed E-state index contributed by atoms with van der Waals surface area (Å²) in [6.45, 7) is 1.98. The van der Waals surface area contributed by atoms with Crippen LogP contribution in [0.2, 0.25) is 0 Å². The Labute approximate surface area is 96.1 Å². The fraction of sp³-hybridized carbons (Fsp3) is 0.0909. The van der Waals surface area contributed by atoms with Gasteiger partial charge in [-0.2, -0.15) is 10.4 Å². The first-order chi connectivity index (χ1) is 7.20. The molecular weight excluding hydrogens is 254 g/mol. The molecule has 0 radical (unpaired) electrons. The third kappa shape index (κ3) is 1.92. The Morgan fingerprint density at radius 2 is 2.00 bits per heavy atom. The van der Waals surface area contributed by atoms with E-state index in [0.29, 0.717) is 5.56 Å². The van der Waals surface area contributed by atoms with Crippen molar-refractivity contribution in [2.24, 2.45) is 0 Å². The Balaban J connectivity index is 2.42. The number of nitrogens with zero attached hydrogens (tertiary/aromatic N) is 3. The number of nitriles is 1. The lowest BCUT2D eigenvalue weighted by molar-refractivity contribution is 0.870. The highest BCUT2D eigenvalue weighted by atomic mass is 79.9. The second kappa shape index (κ2) is 3.87. The highest BCUT2D eigenvalue weighted by Gasteiger charge is 2.02. The van der Waals surface area contributed by atoms with Crippen molar-refractivity contribution >= 4 is 15.9 Å². The summed E-state index contributed by atoms with van der Waals surface area (Å²) in [5.74, 6) is 0. The molecule has 0 fully saturated rings. The highest BCUT2D eigenvalue weighted by Crippen LogP contribution is 2.16. The van der Waals surface area contributed by atoms with Crippen molar-refractivity contribution in [1.29, 1.82) is 5.26 Å². The van der Waals surface area contributed by atoms with Gasteiger partial charge in [0.2, 0.25) is 0 Å². The molecule has 2 aromatic rings. The summed E-state index contributed by atoms with van der Waals surface area (Å²) < 4.78 is 2.62. The van der Waals surface area contributed by atoms with E-state index >= 15 is 0 Å². The molecule has 74 valence electrons. The van der Waals surface area contributed by atoms with E-state index in [4.69, 9.17) is 5.26 Å². The molecule has 0 saturated carbocycles. The molecule has 4 heteroatoms. The van der Waals surface area contributed by atoms with Crippen LogP contribution in [0.1, 0.15) is 11.1 Å². The second-order valence-corrected chi connectivity index (χ2v) is 3.96. The zero-order valence-electron chi connectivity index (χ0n) is 8.11. The zero-order valence-corrected chi connectivity index (χ0v) is 9.69. The number of hydrogen-bond donors (Lipinski definition) is 0. The smallest absolute Gasteiger partial charge is 0.131 e. The van der Waals surface area contributed by atoms with Gasteiger partial charge in [-0.3, -0.25) is 0 Å². The summed E-state index contributed by atoms with van der Waals surface area (Å²) in [5.41, 5.74) is 2.68. The SMILES string of the molecule is Cc1cn(-c2ccc(C#N)cc2)nc1Br. The van der Waals surface area contributed by atoms with Gasteiger partial charge >= 0.3 is 0 Å². The lowest BCUT2D eigenvalue weighted by Gasteiger charge is -1.99. The van der Waals surface area contributed by atoms with Crippen LogP contribution in [0.5, 0.6) is 0 Å². The summed E-state index contributed by atoms with van der Waals surface area (Å²) in [4.78, 5) is 0. The number of aromatic nitrogens is 2. The van der Waals surface area contributed by atoms with Gasteiger partial charge in [-0.05, 0) is 47.1 Å². The van der Waals surface area contributed by atoms with Crippen molar-refractivity contribution in [2.45, 2.75) is 6.92 Å². The summed E-state index contributed by atoms with van der Waals surface area (Å²) in [7, 11) is 0. The van der Waals surface area contributed by atoms with Gasteiger partial charge in [-0.15, -0.1) is 0 Å². The largest absolute Gasteiger partial charge is 0.240 e. The number of halogens is 1. The number of aryl methyl sites for hydroxylation is 1. The highest BCUT2D eigenvalue weighted by molar-refractivity contribution is 9.10. The van der Waals surface area contributed by atoms with E-state index in [1.807, 2.05) is 25.3 Å². The van der Waals surface area contributed by atoms with Gasteiger partial charge in [0.25, 0.3) is 0 Å². The minimum atomic E-state index is 0.654. The first kappa shape index (κ1) is 9.94. The average Bonchev–Trinajstić information content (AvgIpc) is 2.59. The van der Waals surface area contributed by atoms with Crippen molar-refractivity contribution in [3.8, 4) is 11.8 Å². The molecule has 0 saturated heterocycles. The van der Waals surface area contributed by atoms with Gasteiger partial charge < -0.3 is 0 Å². The van der Waals surface area contributed by atoms with E-state index in [1.165, 1.54) is 0 Å². The summed E-state index contributed by atoms with van der Waals surface area (Å²) >= 11 is 3.36. The Morgan fingerprint density at radius 1 is 1.33 bits per heavy atom.